The number of anilines is 1. The maximum Gasteiger partial charge on any atom is 0.158 e. The summed E-state index contributed by atoms with van der Waals surface area (Å²) in [6.07, 6.45) is 4.38. The highest BCUT2D eigenvalue weighted by Crippen LogP contribution is 2.19. The van der Waals surface area contributed by atoms with Gasteiger partial charge in [0.15, 0.2) is 5.69 Å². The van der Waals surface area contributed by atoms with Gasteiger partial charge in [-0.05, 0) is 20.0 Å². The van der Waals surface area contributed by atoms with Crippen molar-refractivity contribution in [3.8, 4) is 6.07 Å². The van der Waals surface area contributed by atoms with Crippen LogP contribution in [-0.2, 0) is 0 Å². The van der Waals surface area contributed by atoms with Gasteiger partial charge in [-0.2, -0.15) is 5.26 Å². The number of hydrogen-bond acceptors (Lipinski definition) is 5. The van der Waals surface area contributed by atoms with Gasteiger partial charge in [-0.1, -0.05) is 6.92 Å². The second-order valence-corrected chi connectivity index (χ2v) is 4.33. The predicted octanol–water partition coefficient (Wildman–Crippen LogP) is 0.879. The molecule has 1 aliphatic heterocycles. The topological polar surface area (TPSA) is 56.0 Å². The number of nitrogens with zero attached hydrogens (tertiary/aromatic N) is 5. The number of nitriles is 1. The van der Waals surface area contributed by atoms with Crippen LogP contribution in [0.4, 0.5) is 5.82 Å². The molecule has 1 unspecified atom stereocenters. The first-order valence-corrected chi connectivity index (χ1v) is 5.92. The second kappa shape index (κ2) is 5.11. The molecule has 0 radical (unpaired) electrons. The molecule has 90 valence electrons. The molecule has 0 saturated carbocycles. The van der Waals surface area contributed by atoms with Crippen LogP contribution < -0.4 is 4.90 Å². The molecule has 1 atom stereocenters. The monoisotopic (exact) mass is 231 g/mol. The minimum atomic E-state index is 0.371. The quantitative estimate of drug-likeness (QED) is 0.773. The molecule has 0 aliphatic carbocycles. The van der Waals surface area contributed by atoms with E-state index in [4.69, 9.17) is 5.26 Å². The van der Waals surface area contributed by atoms with Crippen LogP contribution >= 0.6 is 0 Å². The van der Waals surface area contributed by atoms with E-state index in [0.29, 0.717) is 11.7 Å². The van der Waals surface area contributed by atoms with E-state index in [0.717, 1.165) is 31.9 Å². The van der Waals surface area contributed by atoms with Crippen molar-refractivity contribution < 1.29 is 0 Å². The van der Waals surface area contributed by atoms with Crippen LogP contribution in [0.1, 0.15) is 19.0 Å². The van der Waals surface area contributed by atoms with Crippen molar-refractivity contribution in [2.24, 2.45) is 0 Å². The number of hydrogen-bond donors (Lipinski definition) is 0. The summed E-state index contributed by atoms with van der Waals surface area (Å²) < 4.78 is 0. The zero-order valence-corrected chi connectivity index (χ0v) is 10.3. The molecule has 1 aromatic heterocycles. The zero-order chi connectivity index (χ0) is 12.3. The van der Waals surface area contributed by atoms with E-state index in [9.17, 15) is 0 Å². The fourth-order valence-corrected chi connectivity index (χ4v) is 2.11. The Kier molecular flexibility index (Phi) is 3.55. The fraction of sp³-hybridized carbons (Fsp3) is 0.583. The first-order valence-electron chi connectivity index (χ1n) is 5.92. The van der Waals surface area contributed by atoms with Gasteiger partial charge >= 0.3 is 0 Å². The lowest BCUT2D eigenvalue weighted by Crippen LogP contribution is -2.34. The normalized spacial score (nSPS) is 19.6. The second-order valence-electron chi connectivity index (χ2n) is 4.33. The Bertz CT molecular complexity index is 408. The largest absolute Gasteiger partial charge is 0.354 e. The molecular weight excluding hydrogens is 214 g/mol. The third kappa shape index (κ3) is 2.53. The molecule has 0 aromatic carbocycles. The first-order chi connectivity index (χ1) is 8.24. The molecular formula is C12H17N5. The summed E-state index contributed by atoms with van der Waals surface area (Å²) >= 11 is 0. The molecule has 5 heteroatoms. The molecule has 2 heterocycles. The van der Waals surface area contributed by atoms with Gasteiger partial charge in [0.2, 0.25) is 0 Å². The highest BCUT2D eigenvalue weighted by Gasteiger charge is 2.25. The average Bonchev–Trinajstić information content (AvgIpc) is 2.87. The Hall–Kier alpha value is -1.67. The van der Waals surface area contributed by atoms with E-state index < -0.39 is 0 Å². The summed E-state index contributed by atoms with van der Waals surface area (Å²) in [5.41, 5.74) is 0.371. The maximum atomic E-state index is 8.67. The Balaban J connectivity index is 2.02. The molecule has 2 rings (SSSR count). The molecule has 1 saturated heterocycles. The van der Waals surface area contributed by atoms with Crippen LogP contribution in [0.25, 0.3) is 0 Å². The first kappa shape index (κ1) is 11.8. The fourth-order valence-electron chi connectivity index (χ4n) is 2.11. The van der Waals surface area contributed by atoms with Crippen molar-refractivity contribution in [3.63, 3.8) is 0 Å². The standard InChI is InChI=1S/C12H17N5/c1-3-16(2)11-4-5-17(9-11)12-8-14-10(6-13)7-15-12/h7-8,11H,3-5,9H2,1-2H3. The van der Waals surface area contributed by atoms with E-state index in [1.54, 1.807) is 6.20 Å². The summed E-state index contributed by atoms with van der Waals surface area (Å²) in [6.45, 7) is 5.24. The molecule has 0 bridgehead atoms. The minimum absolute atomic E-state index is 0.371. The average molecular weight is 231 g/mol. The zero-order valence-electron chi connectivity index (χ0n) is 10.3. The van der Waals surface area contributed by atoms with Crippen LogP contribution in [0.5, 0.6) is 0 Å². The summed E-state index contributed by atoms with van der Waals surface area (Å²) in [5.74, 6) is 0.871. The van der Waals surface area contributed by atoms with E-state index >= 15 is 0 Å². The summed E-state index contributed by atoms with van der Waals surface area (Å²) in [4.78, 5) is 12.9. The summed E-state index contributed by atoms with van der Waals surface area (Å²) in [5, 5.41) is 8.67. The number of likely N-dealkylation sites (N-methyl/N-ethyl adjacent to an activating group) is 1. The maximum absolute atomic E-state index is 8.67. The van der Waals surface area contributed by atoms with Crippen molar-refractivity contribution in [2.45, 2.75) is 19.4 Å². The highest BCUT2D eigenvalue weighted by atomic mass is 15.3. The Morgan fingerprint density at radius 1 is 1.53 bits per heavy atom. The lowest BCUT2D eigenvalue weighted by atomic mass is 10.2. The van der Waals surface area contributed by atoms with E-state index in [2.05, 4.69) is 33.7 Å². The van der Waals surface area contributed by atoms with Crippen LogP contribution in [0.15, 0.2) is 12.4 Å². The molecule has 0 spiro atoms. The van der Waals surface area contributed by atoms with Gasteiger partial charge in [-0.15, -0.1) is 0 Å². The molecule has 0 amide bonds. The van der Waals surface area contributed by atoms with Gasteiger partial charge in [0, 0.05) is 19.1 Å². The third-order valence-electron chi connectivity index (χ3n) is 3.36. The lowest BCUT2D eigenvalue weighted by Gasteiger charge is -2.23. The third-order valence-corrected chi connectivity index (χ3v) is 3.36. The highest BCUT2D eigenvalue weighted by molar-refractivity contribution is 5.38. The van der Waals surface area contributed by atoms with Gasteiger partial charge in [0.25, 0.3) is 0 Å². The van der Waals surface area contributed by atoms with E-state index in [1.165, 1.54) is 6.20 Å². The number of rotatable bonds is 3. The summed E-state index contributed by atoms with van der Waals surface area (Å²) in [7, 11) is 2.15. The van der Waals surface area contributed by atoms with Gasteiger partial charge in [-0.25, -0.2) is 9.97 Å². The van der Waals surface area contributed by atoms with Crippen LogP contribution in [0.3, 0.4) is 0 Å². The van der Waals surface area contributed by atoms with Crippen molar-refractivity contribution >= 4 is 5.82 Å². The molecule has 0 N–H and O–H groups in total. The Labute approximate surface area is 102 Å². The van der Waals surface area contributed by atoms with Gasteiger partial charge in [0.1, 0.15) is 11.9 Å². The van der Waals surface area contributed by atoms with Gasteiger partial charge in [0.05, 0.1) is 12.4 Å². The van der Waals surface area contributed by atoms with Crippen molar-refractivity contribution in [3.05, 3.63) is 18.1 Å². The van der Waals surface area contributed by atoms with Crippen LogP contribution in [0.2, 0.25) is 0 Å². The number of aromatic nitrogens is 2. The molecule has 1 aromatic rings. The van der Waals surface area contributed by atoms with Gasteiger partial charge < -0.3 is 9.80 Å². The summed E-state index contributed by atoms with van der Waals surface area (Å²) in [6, 6.07) is 2.58. The lowest BCUT2D eigenvalue weighted by molar-refractivity contribution is 0.272. The predicted molar refractivity (Wildman–Crippen MR) is 65.7 cm³/mol. The molecule has 1 fully saturated rings. The molecule has 5 nitrogen and oxygen atoms in total. The van der Waals surface area contributed by atoms with Crippen LogP contribution in [0, 0.1) is 11.3 Å². The van der Waals surface area contributed by atoms with E-state index in [1.807, 2.05) is 6.07 Å². The van der Waals surface area contributed by atoms with E-state index in [-0.39, 0.29) is 0 Å². The Morgan fingerprint density at radius 2 is 2.35 bits per heavy atom. The molecule has 17 heavy (non-hydrogen) atoms. The van der Waals surface area contributed by atoms with Crippen molar-refractivity contribution in [2.75, 3.05) is 31.6 Å². The Morgan fingerprint density at radius 3 is 2.94 bits per heavy atom. The molecule has 1 aliphatic rings. The van der Waals surface area contributed by atoms with Crippen molar-refractivity contribution in [1.82, 2.24) is 14.9 Å². The minimum Gasteiger partial charge on any atom is -0.354 e. The van der Waals surface area contributed by atoms with Gasteiger partial charge in [-0.3, -0.25) is 0 Å². The van der Waals surface area contributed by atoms with Crippen molar-refractivity contribution in [1.29, 1.82) is 5.26 Å². The van der Waals surface area contributed by atoms with Crippen LogP contribution in [-0.4, -0.2) is 47.6 Å². The smallest absolute Gasteiger partial charge is 0.158 e. The SMILES string of the molecule is CCN(C)C1CCN(c2cnc(C#N)cn2)C1.